The molecular formula is C26H37FN4O4. The monoisotopic (exact) mass is 488 g/mol. The van der Waals surface area contributed by atoms with E-state index >= 15 is 4.39 Å². The van der Waals surface area contributed by atoms with Crippen molar-refractivity contribution in [2.24, 2.45) is 23.5 Å². The summed E-state index contributed by atoms with van der Waals surface area (Å²) in [5, 5.41) is 7.15. The third-order valence-electron chi connectivity index (χ3n) is 7.75. The minimum Gasteiger partial charge on any atom is -0.460 e. The van der Waals surface area contributed by atoms with Gasteiger partial charge < -0.3 is 25.0 Å². The number of ether oxygens (including phenoxy) is 2. The largest absolute Gasteiger partial charge is 0.460 e. The molecule has 3 N–H and O–H groups in total. The molecule has 1 amide bonds. The lowest BCUT2D eigenvalue weighted by atomic mass is 9.79. The number of nitrogens with zero attached hydrogens (tertiary/aromatic N) is 2. The maximum absolute atomic E-state index is 15.1. The van der Waals surface area contributed by atoms with Gasteiger partial charge in [-0.05, 0) is 56.4 Å². The third-order valence-corrected chi connectivity index (χ3v) is 7.75. The number of nitrogens with two attached hydrogens (primary N) is 1. The Labute approximate surface area is 206 Å². The van der Waals surface area contributed by atoms with Gasteiger partial charge in [0.25, 0.3) is 0 Å². The normalized spacial score (nSPS) is 20.6. The predicted molar refractivity (Wildman–Crippen MR) is 131 cm³/mol. The molecule has 0 aliphatic carbocycles. The van der Waals surface area contributed by atoms with Crippen LogP contribution < -0.4 is 10.6 Å². The number of nitrogens with one attached hydrogen (secondary N) is 1. The second-order valence-electron chi connectivity index (χ2n) is 9.99. The fourth-order valence-corrected chi connectivity index (χ4v) is 5.69. The molecule has 3 saturated heterocycles. The van der Waals surface area contributed by atoms with Gasteiger partial charge in [0.15, 0.2) is 5.82 Å². The zero-order valence-electron chi connectivity index (χ0n) is 20.3. The Bertz CT molecular complexity index is 905. The highest BCUT2D eigenvalue weighted by Crippen LogP contribution is 2.33. The van der Waals surface area contributed by atoms with Gasteiger partial charge in [0.05, 0.1) is 5.69 Å². The smallest absolute Gasteiger partial charge is 0.313 e. The van der Waals surface area contributed by atoms with Gasteiger partial charge in [0, 0.05) is 50.9 Å². The van der Waals surface area contributed by atoms with E-state index in [4.69, 9.17) is 20.6 Å². The number of anilines is 1. The topological polar surface area (TPSA) is 109 Å². The lowest BCUT2D eigenvalue weighted by Crippen LogP contribution is -2.46. The van der Waals surface area contributed by atoms with Crippen molar-refractivity contribution in [3.05, 3.63) is 29.6 Å². The first-order valence-electron chi connectivity index (χ1n) is 12.8. The molecule has 192 valence electrons. The number of hydrogen-bond donors (Lipinski definition) is 2. The fourth-order valence-electron chi connectivity index (χ4n) is 5.69. The summed E-state index contributed by atoms with van der Waals surface area (Å²) in [5.74, 6) is 0.340. The molecule has 35 heavy (non-hydrogen) atoms. The molecule has 9 heteroatoms. The van der Waals surface area contributed by atoms with Crippen LogP contribution >= 0.6 is 0 Å². The minimum atomic E-state index is -0.654. The number of halogens is 1. The lowest BCUT2D eigenvalue weighted by Gasteiger charge is -2.40. The summed E-state index contributed by atoms with van der Waals surface area (Å²) in [4.78, 5) is 28.8. The standard InChI is InChI=1S/C26H37FN4O4/c27-25-21(17-35-24(32)16-23(28)29)2-1-3-22(25)30-10-6-20(7-11-30)26(33)31-12-4-18(5-13-31)19-8-14-34-15-9-19/h1-3,18-20H,4-17H2,(H3,28,29). The predicted octanol–water partition coefficient (Wildman–Crippen LogP) is 3.08. The van der Waals surface area contributed by atoms with Crippen molar-refractivity contribution in [2.75, 3.05) is 44.3 Å². The molecule has 3 heterocycles. The number of carbonyl (C=O) groups excluding carboxylic acids is 2. The molecule has 1 aromatic rings. The number of benzene rings is 1. The summed E-state index contributed by atoms with van der Waals surface area (Å²) in [5.41, 5.74) is 5.95. The fraction of sp³-hybridized carbons (Fsp3) is 0.654. The molecule has 0 spiro atoms. The second kappa shape index (κ2) is 11.8. The molecule has 1 aromatic carbocycles. The van der Waals surface area contributed by atoms with E-state index in [2.05, 4.69) is 0 Å². The average molecular weight is 489 g/mol. The van der Waals surface area contributed by atoms with E-state index in [9.17, 15) is 9.59 Å². The minimum absolute atomic E-state index is 0.00957. The summed E-state index contributed by atoms with van der Waals surface area (Å²) in [7, 11) is 0. The summed E-state index contributed by atoms with van der Waals surface area (Å²) < 4.78 is 25.7. The number of hydrogen-bond acceptors (Lipinski definition) is 6. The number of piperidine rings is 2. The van der Waals surface area contributed by atoms with Crippen LogP contribution in [0.15, 0.2) is 18.2 Å². The molecule has 4 rings (SSSR count). The van der Waals surface area contributed by atoms with Gasteiger partial charge in [0.1, 0.15) is 18.9 Å². The second-order valence-corrected chi connectivity index (χ2v) is 9.99. The molecule has 0 atom stereocenters. The summed E-state index contributed by atoms with van der Waals surface area (Å²) >= 11 is 0. The van der Waals surface area contributed by atoms with Crippen molar-refractivity contribution in [3.63, 3.8) is 0 Å². The highest BCUT2D eigenvalue weighted by Gasteiger charge is 2.34. The Morgan fingerprint density at radius 2 is 1.69 bits per heavy atom. The van der Waals surface area contributed by atoms with Gasteiger partial charge in [0.2, 0.25) is 5.91 Å². The molecule has 8 nitrogen and oxygen atoms in total. The molecule has 3 fully saturated rings. The van der Waals surface area contributed by atoms with E-state index in [-0.39, 0.29) is 36.3 Å². The Kier molecular flexibility index (Phi) is 8.59. The van der Waals surface area contributed by atoms with Crippen molar-refractivity contribution in [1.82, 2.24) is 4.90 Å². The average Bonchev–Trinajstić information content (AvgIpc) is 2.88. The van der Waals surface area contributed by atoms with Gasteiger partial charge in [-0.1, -0.05) is 12.1 Å². The number of esters is 1. The van der Waals surface area contributed by atoms with Crippen molar-refractivity contribution in [1.29, 1.82) is 5.41 Å². The lowest BCUT2D eigenvalue weighted by molar-refractivity contribution is -0.143. The van der Waals surface area contributed by atoms with E-state index in [0.717, 1.165) is 57.9 Å². The highest BCUT2D eigenvalue weighted by molar-refractivity contribution is 5.94. The molecule has 0 radical (unpaired) electrons. The summed E-state index contributed by atoms with van der Waals surface area (Å²) in [6, 6.07) is 5.05. The molecule has 0 saturated carbocycles. The maximum atomic E-state index is 15.1. The van der Waals surface area contributed by atoms with Gasteiger partial charge in [-0.2, -0.15) is 0 Å². The van der Waals surface area contributed by atoms with Crippen molar-refractivity contribution < 1.29 is 23.5 Å². The molecule has 3 aliphatic heterocycles. The molecule has 0 bridgehead atoms. The number of amides is 1. The van der Waals surface area contributed by atoms with Crippen LogP contribution in [0.25, 0.3) is 0 Å². The number of likely N-dealkylation sites (tertiary alicyclic amines) is 1. The van der Waals surface area contributed by atoms with Crippen LogP contribution in [-0.4, -0.2) is 62.0 Å². The van der Waals surface area contributed by atoms with Gasteiger partial charge in [-0.15, -0.1) is 0 Å². The number of carbonyl (C=O) groups is 2. The van der Waals surface area contributed by atoms with Crippen LogP contribution in [0.4, 0.5) is 10.1 Å². The Balaban J connectivity index is 1.26. The van der Waals surface area contributed by atoms with Crippen molar-refractivity contribution in [2.45, 2.75) is 51.6 Å². The van der Waals surface area contributed by atoms with Crippen LogP contribution in [-0.2, 0) is 25.7 Å². The number of amidine groups is 1. The van der Waals surface area contributed by atoms with E-state index < -0.39 is 11.8 Å². The first-order chi connectivity index (χ1) is 16.9. The van der Waals surface area contributed by atoms with Crippen LogP contribution in [0.3, 0.4) is 0 Å². The van der Waals surface area contributed by atoms with Gasteiger partial charge >= 0.3 is 5.97 Å². The quantitative estimate of drug-likeness (QED) is 0.347. The van der Waals surface area contributed by atoms with E-state index in [1.165, 1.54) is 0 Å². The van der Waals surface area contributed by atoms with Crippen LogP contribution in [0.2, 0.25) is 0 Å². The zero-order chi connectivity index (χ0) is 24.8. The third kappa shape index (κ3) is 6.51. The SMILES string of the molecule is N=C(N)CC(=O)OCc1cccc(N2CCC(C(=O)N3CCC(C4CCOCC4)CC3)CC2)c1F. The van der Waals surface area contributed by atoms with Crippen molar-refractivity contribution in [3.8, 4) is 0 Å². The van der Waals surface area contributed by atoms with Gasteiger partial charge in [-0.25, -0.2) is 4.39 Å². The molecular weight excluding hydrogens is 451 g/mol. The van der Waals surface area contributed by atoms with Crippen molar-refractivity contribution >= 4 is 23.4 Å². The molecule has 3 aliphatic rings. The summed E-state index contributed by atoms with van der Waals surface area (Å²) in [6.45, 7) is 4.46. The maximum Gasteiger partial charge on any atom is 0.313 e. The Morgan fingerprint density at radius 1 is 1.03 bits per heavy atom. The highest BCUT2D eigenvalue weighted by atomic mass is 19.1. The molecule has 0 aromatic heterocycles. The van der Waals surface area contributed by atoms with E-state index in [0.29, 0.717) is 37.5 Å². The van der Waals surface area contributed by atoms with Crippen LogP contribution in [0.1, 0.15) is 50.5 Å². The Hall–Kier alpha value is -2.68. The molecule has 0 unspecified atom stereocenters. The number of rotatable bonds is 7. The van der Waals surface area contributed by atoms with E-state index in [1.807, 2.05) is 9.80 Å². The van der Waals surface area contributed by atoms with Gasteiger partial charge in [-0.3, -0.25) is 15.0 Å². The zero-order valence-corrected chi connectivity index (χ0v) is 20.3. The van der Waals surface area contributed by atoms with E-state index in [1.54, 1.807) is 18.2 Å². The first kappa shape index (κ1) is 25.4. The first-order valence-corrected chi connectivity index (χ1v) is 12.8. The summed E-state index contributed by atoms with van der Waals surface area (Å²) in [6.07, 6.45) is 5.57. The van der Waals surface area contributed by atoms with Crippen LogP contribution in [0.5, 0.6) is 0 Å². The Morgan fingerprint density at radius 3 is 2.34 bits per heavy atom. The van der Waals surface area contributed by atoms with Crippen LogP contribution in [0, 0.1) is 29.0 Å².